The van der Waals surface area contributed by atoms with Crippen molar-refractivity contribution in [1.82, 2.24) is 0 Å². The molecule has 2 bridgehead atoms. The average molecular weight is 390 g/mol. The van der Waals surface area contributed by atoms with E-state index in [0.717, 1.165) is 6.42 Å². The van der Waals surface area contributed by atoms with Crippen molar-refractivity contribution < 1.29 is 33.3 Å². The van der Waals surface area contributed by atoms with E-state index in [-0.39, 0.29) is 17.8 Å². The molecule has 2 aliphatic rings. The summed E-state index contributed by atoms with van der Waals surface area (Å²) in [7, 11) is 2.70. The SMILES string of the molecule is COC(=O)/C1=C2\C=C[C@@](OC)(CCCC#CCCCC(OC(C)=O)CC1=O)O2. The summed E-state index contributed by atoms with van der Waals surface area (Å²) in [5, 5.41) is 0. The summed E-state index contributed by atoms with van der Waals surface area (Å²) < 4.78 is 21.4. The Bertz CT molecular complexity index is 738. The number of rotatable bonds is 3. The highest BCUT2D eigenvalue weighted by atomic mass is 16.7. The lowest BCUT2D eigenvalue weighted by Gasteiger charge is -2.26. The van der Waals surface area contributed by atoms with E-state index in [1.807, 2.05) is 0 Å². The Hall–Kier alpha value is -2.59. The van der Waals surface area contributed by atoms with Crippen molar-refractivity contribution in [3.8, 4) is 11.8 Å². The maximum atomic E-state index is 12.9. The molecule has 0 fully saturated rings. The number of carbonyl (C=O) groups excluding carboxylic acids is 3. The van der Waals surface area contributed by atoms with Crippen LogP contribution < -0.4 is 0 Å². The summed E-state index contributed by atoms with van der Waals surface area (Å²) in [6, 6.07) is 0. The van der Waals surface area contributed by atoms with Gasteiger partial charge in [0.2, 0.25) is 5.79 Å². The lowest BCUT2D eigenvalue weighted by molar-refractivity contribution is -0.157. The third-order valence-electron chi connectivity index (χ3n) is 4.56. The third-order valence-corrected chi connectivity index (χ3v) is 4.56. The van der Waals surface area contributed by atoms with Crippen molar-refractivity contribution in [3.05, 3.63) is 23.5 Å². The first-order valence-corrected chi connectivity index (χ1v) is 9.33. The number of methoxy groups -OCH3 is 2. The second-order valence-electron chi connectivity index (χ2n) is 6.64. The number of hydrogen-bond acceptors (Lipinski definition) is 7. The van der Waals surface area contributed by atoms with Crippen molar-refractivity contribution in [1.29, 1.82) is 0 Å². The molecule has 0 aromatic heterocycles. The Balaban J connectivity index is 2.37. The van der Waals surface area contributed by atoms with Crippen LogP contribution in [-0.4, -0.2) is 43.8 Å². The Morgan fingerprint density at radius 2 is 1.93 bits per heavy atom. The van der Waals surface area contributed by atoms with E-state index in [4.69, 9.17) is 18.9 Å². The molecule has 2 aliphatic heterocycles. The molecule has 0 spiro atoms. The summed E-state index contributed by atoms with van der Waals surface area (Å²) in [5.74, 6) is 3.46. The zero-order valence-corrected chi connectivity index (χ0v) is 16.5. The van der Waals surface area contributed by atoms with Crippen LogP contribution in [0.15, 0.2) is 23.5 Å². The van der Waals surface area contributed by atoms with Gasteiger partial charge in [-0.15, -0.1) is 11.8 Å². The fraction of sp³-hybridized carbons (Fsp3) is 0.571. The quantitative estimate of drug-likeness (QED) is 0.416. The van der Waals surface area contributed by atoms with Gasteiger partial charge in [0.15, 0.2) is 5.78 Å². The van der Waals surface area contributed by atoms with Gasteiger partial charge in [-0.05, 0) is 31.4 Å². The molecule has 1 unspecified atom stereocenters. The average Bonchev–Trinajstić information content (AvgIpc) is 3.06. The van der Waals surface area contributed by atoms with E-state index < -0.39 is 29.6 Å². The molecule has 0 N–H and O–H groups in total. The molecule has 2 heterocycles. The Morgan fingerprint density at radius 3 is 2.57 bits per heavy atom. The van der Waals surface area contributed by atoms with Crippen LogP contribution in [0.3, 0.4) is 0 Å². The number of Topliss-reactive ketones (excluding diaryl/α,β-unsaturated/α-hetero) is 1. The van der Waals surface area contributed by atoms with Gasteiger partial charge in [0.25, 0.3) is 0 Å². The van der Waals surface area contributed by atoms with Crippen LogP contribution in [0, 0.1) is 11.8 Å². The molecule has 0 amide bonds. The van der Waals surface area contributed by atoms with E-state index in [2.05, 4.69) is 11.8 Å². The first kappa shape index (κ1) is 21.7. The minimum Gasteiger partial charge on any atom is -0.465 e. The number of ether oxygens (including phenoxy) is 4. The molecule has 152 valence electrons. The van der Waals surface area contributed by atoms with E-state index >= 15 is 0 Å². The summed E-state index contributed by atoms with van der Waals surface area (Å²) in [6.45, 7) is 1.29. The van der Waals surface area contributed by atoms with Gasteiger partial charge in [0.05, 0.1) is 7.11 Å². The van der Waals surface area contributed by atoms with E-state index in [0.29, 0.717) is 32.1 Å². The molecule has 0 aliphatic carbocycles. The molecule has 7 heteroatoms. The van der Waals surface area contributed by atoms with Crippen molar-refractivity contribution >= 4 is 17.7 Å². The van der Waals surface area contributed by atoms with E-state index in [9.17, 15) is 14.4 Å². The van der Waals surface area contributed by atoms with Gasteiger partial charge in [-0.3, -0.25) is 9.59 Å². The summed E-state index contributed by atoms with van der Waals surface area (Å²) in [6.07, 6.45) is 6.18. The van der Waals surface area contributed by atoms with Gasteiger partial charge in [-0.1, -0.05) is 0 Å². The molecule has 0 aromatic rings. The highest BCUT2D eigenvalue weighted by molar-refractivity contribution is 6.18. The van der Waals surface area contributed by atoms with Crippen LogP contribution >= 0.6 is 0 Å². The number of hydrogen-bond donors (Lipinski definition) is 0. The first-order valence-electron chi connectivity index (χ1n) is 9.33. The molecule has 28 heavy (non-hydrogen) atoms. The zero-order valence-electron chi connectivity index (χ0n) is 16.5. The van der Waals surface area contributed by atoms with Crippen LogP contribution in [0.2, 0.25) is 0 Å². The molecular formula is C21H26O7. The predicted octanol–water partition coefficient (Wildman–Crippen LogP) is 2.59. The fourth-order valence-corrected chi connectivity index (χ4v) is 3.16. The lowest BCUT2D eigenvalue weighted by Crippen LogP contribution is -2.30. The maximum Gasteiger partial charge on any atom is 0.345 e. The molecule has 0 aromatic carbocycles. The van der Waals surface area contributed by atoms with Crippen molar-refractivity contribution in [2.24, 2.45) is 0 Å². The van der Waals surface area contributed by atoms with E-state index in [1.165, 1.54) is 21.1 Å². The number of carbonyl (C=O) groups is 3. The Labute approximate surface area is 165 Å². The monoisotopic (exact) mass is 390 g/mol. The normalized spacial score (nSPS) is 28.2. The summed E-state index contributed by atoms with van der Waals surface area (Å²) >= 11 is 0. The molecular weight excluding hydrogens is 364 g/mol. The molecule has 0 saturated carbocycles. The second kappa shape index (κ2) is 10.1. The minimum absolute atomic E-state index is 0.0984. The number of esters is 2. The third kappa shape index (κ3) is 5.70. The van der Waals surface area contributed by atoms with Gasteiger partial charge < -0.3 is 18.9 Å². The molecule has 0 radical (unpaired) electrons. The topological polar surface area (TPSA) is 88.1 Å². The van der Waals surface area contributed by atoms with Crippen LogP contribution in [-0.2, 0) is 33.3 Å². The predicted molar refractivity (Wildman–Crippen MR) is 99.7 cm³/mol. The molecule has 2 atom stereocenters. The van der Waals surface area contributed by atoms with Crippen molar-refractivity contribution in [2.45, 2.75) is 63.8 Å². The van der Waals surface area contributed by atoms with Gasteiger partial charge in [-0.2, -0.15) is 0 Å². The highest BCUT2D eigenvalue weighted by Gasteiger charge is 2.38. The standard InChI is InChI=1S/C21H26O7/c1-15(22)27-16-10-8-6-4-5-7-9-12-21(26-3)13-11-18(28-21)19(17(23)14-16)20(24)25-2/h11,13,16H,6-10,12,14H2,1-3H3/b19-18+/t16?,21-/m1/s1. The molecule has 7 nitrogen and oxygen atoms in total. The lowest BCUT2D eigenvalue weighted by atomic mass is 10.0. The van der Waals surface area contributed by atoms with Crippen molar-refractivity contribution in [3.63, 3.8) is 0 Å². The van der Waals surface area contributed by atoms with E-state index in [1.54, 1.807) is 12.2 Å². The zero-order chi connectivity index (χ0) is 20.6. The fourth-order valence-electron chi connectivity index (χ4n) is 3.16. The van der Waals surface area contributed by atoms with Crippen LogP contribution in [0.4, 0.5) is 0 Å². The van der Waals surface area contributed by atoms with Gasteiger partial charge in [0.1, 0.15) is 17.4 Å². The Kier molecular flexibility index (Phi) is 7.82. The van der Waals surface area contributed by atoms with Crippen LogP contribution in [0.5, 0.6) is 0 Å². The number of fused-ring (bicyclic) bond motifs is 2. The second-order valence-corrected chi connectivity index (χ2v) is 6.64. The minimum atomic E-state index is -1.05. The first-order chi connectivity index (χ1) is 13.4. The summed E-state index contributed by atoms with van der Waals surface area (Å²) in [4.78, 5) is 36.6. The van der Waals surface area contributed by atoms with Crippen LogP contribution in [0.1, 0.15) is 51.9 Å². The molecule has 2 rings (SSSR count). The molecule has 0 saturated heterocycles. The largest absolute Gasteiger partial charge is 0.465 e. The number of allylic oxidation sites excluding steroid dienone is 1. The van der Waals surface area contributed by atoms with Crippen molar-refractivity contribution in [2.75, 3.05) is 14.2 Å². The van der Waals surface area contributed by atoms with Gasteiger partial charge in [-0.25, -0.2) is 4.79 Å². The van der Waals surface area contributed by atoms with Crippen LogP contribution in [0.25, 0.3) is 0 Å². The van der Waals surface area contributed by atoms with Gasteiger partial charge >= 0.3 is 11.9 Å². The highest BCUT2D eigenvalue weighted by Crippen LogP contribution is 2.34. The Morgan fingerprint density at radius 1 is 1.21 bits per heavy atom. The summed E-state index contributed by atoms with van der Waals surface area (Å²) in [5.41, 5.74) is -0.207. The number of ketones is 1. The van der Waals surface area contributed by atoms with Gasteiger partial charge in [0, 0.05) is 39.7 Å². The maximum absolute atomic E-state index is 12.9. The smallest absolute Gasteiger partial charge is 0.345 e.